The molecule has 0 aliphatic heterocycles. The van der Waals surface area contributed by atoms with Gasteiger partial charge in [-0.3, -0.25) is 0 Å². The molecule has 0 spiro atoms. The van der Waals surface area contributed by atoms with Crippen molar-refractivity contribution in [3.63, 3.8) is 0 Å². The normalized spacial score (nSPS) is 10.7. The number of imidazole rings is 1. The number of rotatable bonds is 4. The molecule has 2 rings (SSSR count). The summed E-state index contributed by atoms with van der Waals surface area (Å²) in [6.45, 7) is 0. The number of benzene rings is 1. The van der Waals surface area contributed by atoms with Gasteiger partial charge in [0.1, 0.15) is 4.60 Å². The fourth-order valence-electron chi connectivity index (χ4n) is 1.94. The summed E-state index contributed by atoms with van der Waals surface area (Å²) in [7, 11) is 5.99. The fourth-order valence-corrected chi connectivity index (χ4v) is 2.40. The Balaban J connectivity index is 2.04. The first kappa shape index (κ1) is 13.9. The molecule has 19 heavy (non-hydrogen) atoms. The average molecular weight is 323 g/mol. The molecule has 0 saturated heterocycles. The topological polar surface area (TPSA) is 47.1 Å². The Morgan fingerprint density at radius 1 is 1.21 bits per heavy atom. The Hall–Kier alpha value is -1.49. The SMILES string of the molecule is CN(C)c1ccc(CCc2nc(N)n(C)c2Br)cc1. The van der Waals surface area contributed by atoms with E-state index in [1.54, 1.807) is 0 Å². The highest BCUT2D eigenvalue weighted by atomic mass is 79.9. The Morgan fingerprint density at radius 2 is 1.84 bits per heavy atom. The number of hydrogen-bond donors (Lipinski definition) is 1. The van der Waals surface area contributed by atoms with E-state index in [-0.39, 0.29) is 0 Å². The summed E-state index contributed by atoms with van der Waals surface area (Å²) < 4.78 is 2.82. The molecular weight excluding hydrogens is 304 g/mol. The third kappa shape index (κ3) is 3.10. The molecule has 1 aromatic heterocycles. The predicted molar refractivity (Wildman–Crippen MR) is 83.5 cm³/mol. The van der Waals surface area contributed by atoms with Crippen molar-refractivity contribution in [2.45, 2.75) is 12.8 Å². The highest BCUT2D eigenvalue weighted by Gasteiger charge is 2.09. The van der Waals surface area contributed by atoms with Gasteiger partial charge in [0.2, 0.25) is 5.95 Å². The molecule has 0 aliphatic rings. The lowest BCUT2D eigenvalue weighted by molar-refractivity contribution is 0.883. The van der Waals surface area contributed by atoms with Gasteiger partial charge in [-0.05, 0) is 46.5 Å². The molecule has 0 radical (unpaired) electrons. The number of anilines is 2. The molecule has 2 N–H and O–H groups in total. The van der Waals surface area contributed by atoms with Crippen LogP contribution in [0.5, 0.6) is 0 Å². The minimum Gasteiger partial charge on any atom is -0.378 e. The monoisotopic (exact) mass is 322 g/mol. The lowest BCUT2D eigenvalue weighted by Crippen LogP contribution is -2.08. The van der Waals surface area contributed by atoms with Crippen LogP contribution in [0.2, 0.25) is 0 Å². The summed E-state index contributed by atoms with van der Waals surface area (Å²) in [5, 5.41) is 0. The number of hydrogen-bond acceptors (Lipinski definition) is 3. The molecule has 2 aromatic rings. The van der Waals surface area contributed by atoms with E-state index < -0.39 is 0 Å². The van der Waals surface area contributed by atoms with Crippen LogP contribution in [0.1, 0.15) is 11.3 Å². The van der Waals surface area contributed by atoms with Gasteiger partial charge < -0.3 is 15.2 Å². The molecule has 0 aliphatic carbocycles. The van der Waals surface area contributed by atoms with Crippen LogP contribution in [0.25, 0.3) is 0 Å². The second-order valence-corrected chi connectivity index (χ2v) is 5.58. The van der Waals surface area contributed by atoms with Crippen molar-refractivity contribution in [2.75, 3.05) is 24.7 Å². The maximum absolute atomic E-state index is 5.78. The molecule has 0 fully saturated rings. The molecule has 0 unspecified atom stereocenters. The second-order valence-electron chi connectivity index (χ2n) is 4.83. The Morgan fingerprint density at radius 3 is 2.32 bits per heavy atom. The van der Waals surface area contributed by atoms with Crippen molar-refractivity contribution < 1.29 is 0 Å². The van der Waals surface area contributed by atoms with E-state index in [1.165, 1.54) is 11.3 Å². The van der Waals surface area contributed by atoms with Crippen LogP contribution in [-0.2, 0) is 19.9 Å². The molecule has 0 amide bonds. The Labute approximate surface area is 122 Å². The van der Waals surface area contributed by atoms with E-state index in [1.807, 2.05) is 25.7 Å². The van der Waals surface area contributed by atoms with Crippen molar-refractivity contribution >= 4 is 27.6 Å². The average Bonchev–Trinajstić information content (AvgIpc) is 2.64. The molecule has 0 saturated carbocycles. The van der Waals surface area contributed by atoms with Crippen LogP contribution in [0.4, 0.5) is 11.6 Å². The van der Waals surface area contributed by atoms with Crippen molar-refractivity contribution in [1.29, 1.82) is 0 Å². The van der Waals surface area contributed by atoms with Gasteiger partial charge in [-0.1, -0.05) is 12.1 Å². The maximum Gasteiger partial charge on any atom is 0.201 e. The van der Waals surface area contributed by atoms with Crippen molar-refractivity contribution in [3.05, 3.63) is 40.1 Å². The molecule has 5 heteroatoms. The summed E-state index contributed by atoms with van der Waals surface area (Å²) in [5.74, 6) is 0.546. The molecule has 4 nitrogen and oxygen atoms in total. The van der Waals surface area contributed by atoms with Gasteiger partial charge in [0.15, 0.2) is 0 Å². The Bertz CT molecular complexity index is 558. The predicted octanol–water partition coefficient (Wildman–Crippen LogP) is 2.62. The highest BCUT2D eigenvalue weighted by Crippen LogP contribution is 2.21. The van der Waals surface area contributed by atoms with Gasteiger partial charge in [-0.2, -0.15) is 0 Å². The van der Waals surface area contributed by atoms with Gasteiger partial charge in [-0.25, -0.2) is 4.98 Å². The molecule has 1 heterocycles. The first-order valence-corrected chi connectivity index (χ1v) is 7.01. The third-order valence-corrected chi connectivity index (χ3v) is 4.22. The smallest absolute Gasteiger partial charge is 0.201 e. The first-order chi connectivity index (χ1) is 8.99. The molecule has 102 valence electrons. The summed E-state index contributed by atoms with van der Waals surface area (Å²) in [6.07, 6.45) is 1.84. The van der Waals surface area contributed by atoms with E-state index in [2.05, 4.69) is 50.1 Å². The minimum atomic E-state index is 0.546. The maximum atomic E-state index is 5.78. The second kappa shape index (κ2) is 5.65. The molecule has 0 bridgehead atoms. The highest BCUT2D eigenvalue weighted by molar-refractivity contribution is 9.10. The quantitative estimate of drug-likeness (QED) is 0.941. The summed E-state index contributed by atoms with van der Waals surface area (Å²) in [6, 6.07) is 8.60. The molecule has 0 atom stereocenters. The van der Waals surface area contributed by atoms with Crippen molar-refractivity contribution in [1.82, 2.24) is 9.55 Å². The third-order valence-electron chi connectivity index (χ3n) is 3.23. The van der Waals surface area contributed by atoms with Gasteiger partial charge in [0.25, 0.3) is 0 Å². The number of halogens is 1. The zero-order chi connectivity index (χ0) is 14.0. The zero-order valence-electron chi connectivity index (χ0n) is 11.5. The number of aryl methyl sites for hydroxylation is 2. The summed E-state index contributed by atoms with van der Waals surface area (Å²) >= 11 is 3.52. The fraction of sp³-hybridized carbons (Fsp3) is 0.357. The number of nitrogen functional groups attached to an aromatic ring is 1. The van der Waals surface area contributed by atoms with Gasteiger partial charge >= 0.3 is 0 Å². The number of nitrogens with zero attached hydrogens (tertiary/aromatic N) is 3. The van der Waals surface area contributed by atoms with Crippen LogP contribution >= 0.6 is 15.9 Å². The lowest BCUT2D eigenvalue weighted by Gasteiger charge is -2.12. The van der Waals surface area contributed by atoms with E-state index >= 15 is 0 Å². The number of aromatic nitrogens is 2. The van der Waals surface area contributed by atoms with Gasteiger partial charge in [0, 0.05) is 26.8 Å². The van der Waals surface area contributed by atoms with Gasteiger partial charge in [0.05, 0.1) is 5.69 Å². The summed E-state index contributed by atoms with van der Waals surface area (Å²) in [5.41, 5.74) is 9.31. The van der Waals surface area contributed by atoms with Crippen LogP contribution < -0.4 is 10.6 Å². The van der Waals surface area contributed by atoms with E-state index in [0.717, 1.165) is 23.1 Å². The van der Waals surface area contributed by atoms with E-state index in [0.29, 0.717) is 5.95 Å². The lowest BCUT2D eigenvalue weighted by atomic mass is 10.1. The van der Waals surface area contributed by atoms with E-state index in [9.17, 15) is 0 Å². The zero-order valence-corrected chi connectivity index (χ0v) is 13.1. The molecule has 1 aromatic carbocycles. The van der Waals surface area contributed by atoms with Crippen LogP contribution in [-0.4, -0.2) is 23.6 Å². The van der Waals surface area contributed by atoms with Gasteiger partial charge in [-0.15, -0.1) is 0 Å². The van der Waals surface area contributed by atoms with E-state index in [4.69, 9.17) is 5.73 Å². The standard InChI is InChI=1S/C14H19BrN4/c1-18(2)11-7-4-10(5-8-11)6-9-12-13(15)19(3)14(16)17-12/h4-5,7-8H,6,9H2,1-3H3,(H2,16,17). The first-order valence-electron chi connectivity index (χ1n) is 6.22. The summed E-state index contributed by atoms with van der Waals surface area (Å²) in [4.78, 5) is 6.45. The molecular formula is C14H19BrN4. The van der Waals surface area contributed by atoms with Crippen LogP contribution in [0, 0.1) is 0 Å². The van der Waals surface area contributed by atoms with Crippen LogP contribution in [0.3, 0.4) is 0 Å². The van der Waals surface area contributed by atoms with Crippen LogP contribution in [0.15, 0.2) is 28.9 Å². The van der Waals surface area contributed by atoms with Crippen molar-refractivity contribution in [2.24, 2.45) is 7.05 Å². The number of nitrogens with two attached hydrogens (primary N) is 1. The largest absolute Gasteiger partial charge is 0.378 e. The minimum absolute atomic E-state index is 0.546. The Kier molecular flexibility index (Phi) is 4.14. The van der Waals surface area contributed by atoms with Crippen molar-refractivity contribution in [3.8, 4) is 0 Å².